The third-order valence-corrected chi connectivity index (χ3v) is 3.82. The SMILES string of the molecule is ClCCN(c1ncccc1Cl)C1CCCCC1. The maximum atomic E-state index is 6.23. The molecule has 1 aliphatic carbocycles. The van der Waals surface area contributed by atoms with Gasteiger partial charge in [0.15, 0.2) is 0 Å². The molecule has 1 saturated carbocycles. The van der Waals surface area contributed by atoms with Crippen LogP contribution < -0.4 is 4.90 Å². The first-order valence-corrected chi connectivity index (χ1v) is 7.17. The summed E-state index contributed by atoms with van der Waals surface area (Å²) in [7, 11) is 0. The van der Waals surface area contributed by atoms with Gasteiger partial charge in [0.2, 0.25) is 0 Å². The summed E-state index contributed by atoms with van der Waals surface area (Å²) in [6.45, 7) is 0.822. The van der Waals surface area contributed by atoms with E-state index in [9.17, 15) is 0 Å². The normalized spacial score (nSPS) is 17.1. The minimum absolute atomic E-state index is 0.551. The van der Waals surface area contributed by atoms with Gasteiger partial charge in [-0.1, -0.05) is 30.9 Å². The molecule has 0 spiro atoms. The highest BCUT2D eigenvalue weighted by atomic mass is 35.5. The lowest BCUT2D eigenvalue weighted by Gasteiger charge is -2.35. The Labute approximate surface area is 113 Å². The molecule has 17 heavy (non-hydrogen) atoms. The summed E-state index contributed by atoms with van der Waals surface area (Å²) in [5, 5.41) is 0.725. The molecule has 2 rings (SSSR count). The van der Waals surface area contributed by atoms with Crippen molar-refractivity contribution in [2.45, 2.75) is 38.1 Å². The molecule has 2 nitrogen and oxygen atoms in total. The molecule has 94 valence electrons. The molecule has 0 atom stereocenters. The monoisotopic (exact) mass is 272 g/mol. The number of halogens is 2. The molecule has 4 heteroatoms. The molecule has 0 radical (unpaired) electrons. The predicted molar refractivity (Wildman–Crippen MR) is 74.2 cm³/mol. The van der Waals surface area contributed by atoms with E-state index < -0.39 is 0 Å². The lowest BCUT2D eigenvalue weighted by molar-refractivity contribution is 0.417. The number of rotatable bonds is 4. The lowest BCUT2D eigenvalue weighted by Crippen LogP contribution is -2.39. The fourth-order valence-corrected chi connectivity index (χ4v) is 2.95. The number of nitrogens with zero attached hydrogens (tertiary/aromatic N) is 2. The van der Waals surface area contributed by atoms with Gasteiger partial charge in [-0.3, -0.25) is 0 Å². The van der Waals surface area contributed by atoms with Gasteiger partial charge in [0.05, 0.1) is 5.02 Å². The van der Waals surface area contributed by atoms with E-state index >= 15 is 0 Å². The molecule has 0 aliphatic heterocycles. The van der Waals surface area contributed by atoms with E-state index in [1.807, 2.05) is 12.1 Å². The van der Waals surface area contributed by atoms with E-state index in [4.69, 9.17) is 23.2 Å². The van der Waals surface area contributed by atoms with Gasteiger partial charge in [-0.15, -0.1) is 11.6 Å². The van der Waals surface area contributed by atoms with Gasteiger partial charge in [0, 0.05) is 24.7 Å². The molecule has 0 saturated heterocycles. The molecule has 1 aliphatic rings. The van der Waals surface area contributed by atoms with Crippen LogP contribution in [0.5, 0.6) is 0 Å². The molecule has 0 amide bonds. The zero-order chi connectivity index (χ0) is 12.1. The van der Waals surface area contributed by atoms with Crippen molar-refractivity contribution in [3.8, 4) is 0 Å². The number of anilines is 1. The fraction of sp³-hybridized carbons (Fsp3) is 0.615. The van der Waals surface area contributed by atoms with Crippen molar-refractivity contribution in [1.29, 1.82) is 0 Å². The topological polar surface area (TPSA) is 16.1 Å². The number of pyridine rings is 1. The van der Waals surface area contributed by atoms with Crippen molar-refractivity contribution < 1.29 is 0 Å². The number of hydrogen-bond acceptors (Lipinski definition) is 2. The van der Waals surface area contributed by atoms with Crippen LogP contribution in [-0.4, -0.2) is 23.5 Å². The summed E-state index contributed by atoms with van der Waals surface area (Å²) in [6.07, 6.45) is 8.20. The third kappa shape index (κ3) is 3.26. The number of hydrogen-bond donors (Lipinski definition) is 0. The van der Waals surface area contributed by atoms with Crippen molar-refractivity contribution in [3.05, 3.63) is 23.4 Å². The van der Waals surface area contributed by atoms with Gasteiger partial charge in [0.1, 0.15) is 5.82 Å². The Morgan fingerprint density at radius 3 is 2.71 bits per heavy atom. The van der Waals surface area contributed by atoms with E-state index in [1.165, 1.54) is 32.1 Å². The zero-order valence-corrected chi connectivity index (χ0v) is 11.4. The minimum Gasteiger partial charge on any atom is -0.351 e. The van der Waals surface area contributed by atoms with Gasteiger partial charge >= 0.3 is 0 Å². The summed E-state index contributed by atoms with van der Waals surface area (Å²) in [5.74, 6) is 1.50. The maximum Gasteiger partial charge on any atom is 0.147 e. The molecule has 1 heterocycles. The molecule has 1 fully saturated rings. The predicted octanol–water partition coefficient (Wildman–Crippen LogP) is 4.11. The maximum absolute atomic E-state index is 6.23. The van der Waals surface area contributed by atoms with Crippen LogP contribution in [0.2, 0.25) is 5.02 Å². The summed E-state index contributed by atoms with van der Waals surface area (Å²) in [4.78, 5) is 6.69. The van der Waals surface area contributed by atoms with Gasteiger partial charge in [0.25, 0.3) is 0 Å². The quantitative estimate of drug-likeness (QED) is 0.767. The molecular weight excluding hydrogens is 255 g/mol. The van der Waals surface area contributed by atoms with Crippen molar-refractivity contribution in [2.75, 3.05) is 17.3 Å². The summed E-state index contributed by atoms with van der Waals surface area (Å²) in [5.41, 5.74) is 0. The van der Waals surface area contributed by atoms with Gasteiger partial charge < -0.3 is 4.90 Å². The standard InChI is InChI=1S/C13H18Cl2N2/c14-8-10-17(11-5-2-1-3-6-11)13-12(15)7-4-9-16-13/h4,7,9,11H,1-3,5-6,8,10H2. The first kappa shape index (κ1) is 13.0. The molecular formula is C13H18Cl2N2. The Hall–Kier alpha value is -0.470. The van der Waals surface area contributed by atoms with Crippen LogP contribution in [0.15, 0.2) is 18.3 Å². The Bertz CT molecular complexity index is 351. The average Bonchev–Trinajstić information content (AvgIpc) is 2.38. The van der Waals surface area contributed by atoms with Crippen molar-refractivity contribution in [2.24, 2.45) is 0 Å². The Balaban J connectivity index is 2.18. The number of alkyl halides is 1. The first-order chi connectivity index (χ1) is 8.33. The second-order valence-electron chi connectivity index (χ2n) is 4.48. The van der Waals surface area contributed by atoms with Crippen LogP contribution in [-0.2, 0) is 0 Å². The highest BCUT2D eigenvalue weighted by Crippen LogP contribution is 2.30. The highest BCUT2D eigenvalue weighted by molar-refractivity contribution is 6.32. The Kier molecular flexibility index (Phi) is 4.93. The van der Waals surface area contributed by atoms with Crippen LogP contribution in [0, 0.1) is 0 Å². The largest absolute Gasteiger partial charge is 0.351 e. The zero-order valence-electron chi connectivity index (χ0n) is 9.91. The van der Waals surface area contributed by atoms with Crippen molar-refractivity contribution in [3.63, 3.8) is 0 Å². The molecule has 1 aromatic rings. The Morgan fingerprint density at radius 1 is 1.29 bits per heavy atom. The minimum atomic E-state index is 0.551. The fourth-order valence-electron chi connectivity index (χ4n) is 2.53. The molecule has 0 bridgehead atoms. The smallest absolute Gasteiger partial charge is 0.147 e. The van der Waals surface area contributed by atoms with E-state index in [0.717, 1.165) is 17.4 Å². The second kappa shape index (κ2) is 6.46. The highest BCUT2D eigenvalue weighted by Gasteiger charge is 2.23. The van der Waals surface area contributed by atoms with Crippen molar-refractivity contribution in [1.82, 2.24) is 4.98 Å². The van der Waals surface area contributed by atoms with Crippen molar-refractivity contribution >= 4 is 29.0 Å². The van der Waals surface area contributed by atoms with Crippen LogP contribution >= 0.6 is 23.2 Å². The van der Waals surface area contributed by atoms with Crippen LogP contribution in [0.25, 0.3) is 0 Å². The molecule has 0 unspecified atom stereocenters. The third-order valence-electron chi connectivity index (χ3n) is 3.35. The number of aromatic nitrogens is 1. The van der Waals surface area contributed by atoms with Crippen LogP contribution in [0.4, 0.5) is 5.82 Å². The van der Waals surface area contributed by atoms with E-state index in [-0.39, 0.29) is 0 Å². The van der Waals surface area contributed by atoms with Crippen LogP contribution in [0.1, 0.15) is 32.1 Å². The van der Waals surface area contributed by atoms with E-state index in [0.29, 0.717) is 11.9 Å². The summed E-state index contributed by atoms with van der Waals surface area (Å²) in [6, 6.07) is 4.31. The lowest BCUT2D eigenvalue weighted by atomic mass is 9.94. The van der Waals surface area contributed by atoms with E-state index in [2.05, 4.69) is 9.88 Å². The summed E-state index contributed by atoms with van der Waals surface area (Å²) >= 11 is 12.1. The van der Waals surface area contributed by atoms with Gasteiger partial charge in [-0.05, 0) is 25.0 Å². The van der Waals surface area contributed by atoms with Crippen LogP contribution in [0.3, 0.4) is 0 Å². The van der Waals surface area contributed by atoms with Gasteiger partial charge in [-0.2, -0.15) is 0 Å². The molecule has 1 aromatic heterocycles. The van der Waals surface area contributed by atoms with Gasteiger partial charge in [-0.25, -0.2) is 4.98 Å². The summed E-state index contributed by atoms with van der Waals surface area (Å²) < 4.78 is 0. The molecule has 0 aromatic carbocycles. The Morgan fingerprint density at radius 2 is 2.06 bits per heavy atom. The van der Waals surface area contributed by atoms with E-state index in [1.54, 1.807) is 6.20 Å². The first-order valence-electron chi connectivity index (χ1n) is 6.26. The second-order valence-corrected chi connectivity index (χ2v) is 5.27. The average molecular weight is 273 g/mol. The molecule has 0 N–H and O–H groups in total.